The van der Waals surface area contributed by atoms with Crippen molar-refractivity contribution in [1.82, 2.24) is 0 Å². The molecule has 2 aromatic carbocycles. The highest BCUT2D eigenvalue weighted by molar-refractivity contribution is 5.87. The zero-order valence-corrected chi connectivity index (χ0v) is 28.3. The van der Waals surface area contributed by atoms with Crippen molar-refractivity contribution >= 4 is 5.97 Å². The first-order valence-electron chi connectivity index (χ1n) is 17.5. The number of aliphatic hydroxyl groups excluding tert-OH is 4. The first-order valence-corrected chi connectivity index (χ1v) is 17.5. The monoisotopic (exact) mass is 694 g/mol. The third-order valence-electron chi connectivity index (χ3n) is 10.5. The van der Waals surface area contributed by atoms with Crippen molar-refractivity contribution in [2.45, 2.75) is 119 Å². The predicted molar refractivity (Wildman–Crippen MR) is 183 cm³/mol. The fraction of sp³-hybridized carbons (Fsp3) is 0.564. The average Bonchev–Trinajstić information content (AvgIpc) is 3.47. The molecule has 11 heteroatoms. The van der Waals surface area contributed by atoms with E-state index in [-0.39, 0.29) is 43.8 Å². The zero-order chi connectivity index (χ0) is 35.9. The summed E-state index contributed by atoms with van der Waals surface area (Å²) in [7, 11) is 0. The van der Waals surface area contributed by atoms with Crippen molar-refractivity contribution in [3.05, 3.63) is 77.9 Å². The largest absolute Gasteiger partial charge is 0.478 e. The number of ether oxygens (including phenoxy) is 3. The Morgan fingerprint density at radius 3 is 2.42 bits per heavy atom. The number of allylic oxidation sites excluding steroid dienone is 1. The van der Waals surface area contributed by atoms with Gasteiger partial charge in [0.1, 0.15) is 36.3 Å². The lowest BCUT2D eigenvalue weighted by Gasteiger charge is -2.50. The lowest BCUT2D eigenvalue weighted by molar-refractivity contribution is -0.333. The van der Waals surface area contributed by atoms with Gasteiger partial charge in [0, 0.05) is 13.0 Å². The lowest BCUT2D eigenvalue weighted by Crippen LogP contribution is -2.70. The molecule has 2 fully saturated rings. The van der Waals surface area contributed by atoms with Crippen molar-refractivity contribution in [3.8, 4) is 17.8 Å². The molecular weight excluding hydrogens is 644 g/mol. The SMILES string of the molecule is C=CCc1ccc(OC2OC3C(CCCO)OC#CCC(O)C(CCC4(O)CCC(Cc5ccc(C(=O)O)cc5)C4)CC2(O)C(O)C3O)cc1. The molecule has 3 heterocycles. The maximum Gasteiger partial charge on any atom is 0.335 e. The van der Waals surface area contributed by atoms with Crippen molar-refractivity contribution < 1.29 is 54.8 Å². The Balaban J connectivity index is 1.36. The highest BCUT2D eigenvalue weighted by Crippen LogP contribution is 2.44. The summed E-state index contributed by atoms with van der Waals surface area (Å²) in [5.41, 5.74) is -1.01. The molecule has 1 saturated carbocycles. The van der Waals surface area contributed by atoms with Crippen LogP contribution in [-0.2, 0) is 22.3 Å². The minimum absolute atomic E-state index is 0.00131. The third kappa shape index (κ3) is 9.06. The standard InChI is InChI=1S/C39H50O11/c1-2-5-25-10-14-30(15-11-25)49-37-39(47)24-29(31(41)6-4-21-48-32(7-3-20-40)34(50-37)33(42)35(39)43)17-19-38(46)18-16-27(23-38)22-26-8-12-28(13-9-26)36(44)45/h2,8-15,27,29,31-35,37,40-43,46-47H,1,3,5-7,16-20,22-24H2,(H,44,45). The van der Waals surface area contributed by atoms with Crippen molar-refractivity contribution in [2.75, 3.05) is 6.61 Å². The smallest absolute Gasteiger partial charge is 0.335 e. The molecule has 10 unspecified atom stereocenters. The minimum Gasteiger partial charge on any atom is -0.478 e. The number of aromatic carboxylic acids is 1. The van der Waals surface area contributed by atoms with E-state index in [0.717, 1.165) is 17.5 Å². The summed E-state index contributed by atoms with van der Waals surface area (Å²) in [5.74, 6) is 1.69. The van der Waals surface area contributed by atoms with Gasteiger partial charge in [0.2, 0.25) is 6.29 Å². The molecule has 6 rings (SSSR count). The van der Waals surface area contributed by atoms with Gasteiger partial charge in [-0.1, -0.05) is 36.3 Å². The van der Waals surface area contributed by atoms with Gasteiger partial charge in [-0.05, 0) is 111 Å². The minimum atomic E-state index is -2.18. The number of carboxylic acids is 1. The first kappa shape index (κ1) is 37.8. The maximum atomic E-state index is 12.3. The Morgan fingerprint density at radius 1 is 1.02 bits per heavy atom. The second-order valence-corrected chi connectivity index (χ2v) is 14.2. The van der Waals surface area contributed by atoms with Crippen molar-refractivity contribution in [2.24, 2.45) is 11.8 Å². The summed E-state index contributed by atoms with van der Waals surface area (Å²) >= 11 is 0. The van der Waals surface area contributed by atoms with Crippen LogP contribution in [-0.4, -0.2) is 96.3 Å². The molecule has 0 aromatic heterocycles. The van der Waals surface area contributed by atoms with E-state index in [1.165, 1.54) is 0 Å². The molecule has 2 bridgehead atoms. The van der Waals surface area contributed by atoms with Crippen LogP contribution < -0.4 is 4.74 Å². The van der Waals surface area contributed by atoms with Crippen LogP contribution in [0.15, 0.2) is 61.2 Å². The summed E-state index contributed by atoms with van der Waals surface area (Å²) in [6.07, 6.45) is 0.487. The van der Waals surface area contributed by atoms with E-state index < -0.39 is 59.9 Å². The summed E-state index contributed by atoms with van der Waals surface area (Å²) in [6.45, 7) is 3.62. The molecule has 10 atom stereocenters. The van der Waals surface area contributed by atoms with E-state index in [9.17, 15) is 40.5 Å². The number of benzene rings is 2. The molecular formula is C39H50O11. The molecule has 50 heavy (non-hydrogen) atoms. The quantitative estimate of drug-likeness (QED) is 0.121. The molecule has 1 saturated heterocycles. The van der Waals surface area contributed by atoms with E-state index in [2.05, 4.69) is 18.6 Å². The number of rotatable bonds is 13. The van der Waals surface area contributed by atoms with Crippen LogP contribution in [0.1, 0.15) is 79.3 Å². The zero-order valence-electron chi connectivity index (χ0n) is 28.3. The summed E-state index contributed by atoms with van der Waals surface area (Å²) in [4.78, 5) is 11.2. The molecule has 7 N–H and O–H groups in total. The van der Waals surface area contributed by atoms with Crippen LogP contribution in [0.2, 0.25) is 0 Å². The molecule has 0 radical (unpaired) electrons. The van der Waals surface area contributed by atoms with Crippen LogP contribution >= 0.6 is 0 Å². The molecule has 2 aromatic rings. The fourth-order valence-electron chi connectivity index (χ4n) is 7.65. The third-order valence-corrected chi connectivity index (χ3v) is 10.5. The molecule has 1 aliphatic carbocycles. The Labute approximate surface area is 293 Å². The number of aliphatic hydroxyl groups is 6. The second kappa shape index (κ2) is 16.7. The van der Waals surface area contributed by atoms with Gasteiger partial charge in [-0.25, -0.2) is 4.79 Å². The highest BCUT2D eigenvalue weighted by Gasteiger charge is 2.59. The number of hydrogen-bond acceptors (Lipinski definition) is 10. The Morgan fingerprint density at radius 2 is 1.74 bits per heavy atom. The summed E-state index contributed by atoms with van der Waals surface area (Å²) in [6, 6.07) is 13.9. The second-order valence-electron chi connectivity index (χ2n) is 14.2. The van der Waals surface area contributed by atoms with E-state index in [1.54, 1.807) is 42.5 Å². The van der Waals surface area contributed by atoms with Crippen LogP contribution in [0.3, 0.4) is 0 Å². The van der Waals surface area contributed by atoms with Gasteiger partial charge >= 0.3 is 5.97 Å². The number of carboxylic acid groups (broad SMARTS) is 1. The highest BCUT2D eigenvalue weighted by atomic mass is 16.7. The van der Waals surface area contributed by atoms with Gasteiger partial charge in [0.15, 0.2) is 5.60 Å². The van der Waals surface area contributed by atoms with Gasteiger partial charge in [0.25, 0.3) is 0 Å². The van der Waals surface area contributed by atoms with E-state index in [0.29, 0.717) is 44.3 Å². The van der Waals surface area contributed by atoms with Crippen LogP contribution in [0.5, 0.6) is 5.75 Å². The van der Waals surface area contributed by atoms with Crippen LogP contribution in [0, 0.1) is 23.9 Å². The molecule has 0 amide bonds. The van der Waals surface area contributed by atoms with Crippen LogP contribution in [0.25, 0.3) is 0 Å². The maximum absolute atomic E-state index is 12.3. The summed E-state index contributed by atoms with van der Waals surface area (Å²) < 4.78 is 18.2. The van der Waals surface area contributed by atoms with E-state index in [4.69, 9.17) is 14.2 Å². The fourth-order valence-corrected chi connectivity index (χ4v) is 7.65. The van der Waals surface area contributed by atoms with E-state index >= 15 is 0 Å². The van der Waals surface area contributed by atoms with E-state index in [1.807, 2.05) is 12.1 Å². The Hall–Kier alpha value is -3.47. The van der Waals surface area contributed by atoms with Crippen LogP contribution in [0.4, 0.5) is 0 Å². The Bertz CT molecular complexity index is 1480. The number of carbonyl (C=O) groups is 1. The predicted octanol–water partition coefficient (Wildman–Crippen LogP) is 3.11. The van der Waals surface area contributed by atoms with Crippen molar-refractivity contribution in [1.29, 1.82) is 0 Å². The molecule has 272 valence electrons. The molecule has 11 nitrogen and oxygen atoms in total. The first-order chi connectivity index (χ1) is 23.9. The number of hydrogen-bond donors (Lipinski definition) is 7. The van der Waals surface area contributed by atoms with Gasteiger partial charge < -0.3 is 50.0 Å². The van der Waals surface area contributed by atoms with Gasteiger partial charge in [-0.3, -0.25) is 0 Å². The normalized spacial score (nSPS) is 34.0. The Kier molecular flexibility index (Phi) is 12.6. The topological polar surface area (TPSA) is 186 Å². The average molecular weight is 695 g/mol. The summed E-state index contributed by atoms with van der Waals surface area (Å²) in [5, 5.41) is 76.9. The lowest BCUT2D eigenvalue weighted by atomic mass is 9.74. The van der Waals surface area contributed by atoms with Gasteiger partial charge in [-0.2, -0.15) is 0 Å². The van der Waals surface area contributed by atoms with Gasteiger partial charge in [-0.15, -0.1) is 6.58 Å². The number of fused-ring (bicyclic) bond motifs is 8. The molecule has 3 aliphatic heterocycles. The molecule has 0 spiro atoms. The van der Waals surface area contributed by atoms with Gasteiger partial charge in [0.05, 0.1) is 17.3 Å². The molecule has 4 aliphatic rings. The van der Waals surface area contributed by atoms with Crippen molar-refractivity contribution in [3.63, 3.8) is 0 Å².